The first-order chi connectivity index (χ1) is 8.66. The minimum Gasteiger partial charge on any atom is -0.310 e. The van der Waals surface area contributed by atoms with Gasteiger partial charge in [0, 0.05) is 18.2 Å². The third kappa shape index (κ3) is 3.55. The summed E-state index contributed by atoms with van der Waals surface area (Å²) in [4.78, 5) is 0. The van der Waals surface area contributed by atoms with E-state index >= 15 is 0 Å². The molecule has 100 valence electrons. The van der Waals surface area contributed by atoms with Crippen LogP contribution in [0.25, 0.3) is 0 Å². The summed E-state index contributed by atoms with van der Waals surface area (Å²) < 4.78 is 13.5. The van der Waals surface area contributed by atoms with E-state index in [9.17, 15) is 4.39 Å². The third-order valence-corrected chi connectivity index (χ3v) is 4.20. The number of nitrogens with one attached hydrogen (secondary N) is 1. The van der Waals surface area contributed by atoms with Crippen LogP contribution in [0.4, 0.5) is 4.39 Å². The molecular weight excluding hydrogens is 225 g/mol. The van der Waals surface area contributed by atoms with Gasteiger partial charge in [0.1, 0.15) is 5.82 Å². The SMILES string of the molecule is CC(C)C1CCCC(NCc2ccccc2F)C1. The van der Waals surface area contributed by atoms with E-state index in [1.165, 1.54) is 31.7 Å². The molecule has 2 rings (SSSR count). The molecule has 0 amide bonds. The molecule has 1 saturated carbocycles. The summed E-state index contributed by atoms with van der Waals surface area (Å²) in [7, 11) is 0. The molecule has 0 heterocycles. The first-order valence-electron chi connectivity index (χ1n) is 7.13. The largest absolute Gasteiger partial charge is 0.310 e. The van der Waals surface area contributed by atoms with Gasteiger partial charge in [0.15, 0.2) is 0 Å². The Morgan fingerprint density at radius 2 is 2.06 bits per heavy atom. The normalized spacial score (nSPS) is 24.4. The molecule has 1 nitrogen and oxygen atoms in total. The van der Waals surface area contributed by atoms with E-state index in [0.29, 0.717) is 12.6 Å². The molecule has 1 aromatic carbocycles. The quantitative estimate of drug-likeness (QED) is 0.846. The predicted molar refractivity (Wildman–Crippen MR) is 73.8 cm³/mol. The zero-order chi connectivity index (χ0) is 13.0. The van der Waals surface area contributed by atoms with Crippen molar-refractivity contribution in [3.8, 4) is 0 Å². The Morgan fingerprint density at radius 1 is 1.28 bits per heavy atom. The Bertz CT molecular complexity index is 375. The topological polar surface area (TPSA) is 12.0 Å². The number of benzene rings is 1. The van der Waals surface area contributed by atoms with E-state index in [-0.39, 0.29) is 5.82 Å². The fourth-order valence-electron chi connectivity index (χ4n) is 2.91. The molecule has 0 spiro atoms. The summed E-state index contributed by atoms with van der Waals surface area (Å²) >= 11 is 0. The maximum Gasteiger partial charge on any atom is 0.127 e. The average Bonchev–Trinajstić information content (AvgIpc) is 2.38. The first-order valence-corrected chi connectivity index (χ1v) is 7.13. The summed E-state index contributed by atoms with van der Waals surface area (Å²) in [6.45, 7) is 5.27. The van der Waals surface area contributed by atoms with E-state index in [1.54, 1.807) is 6.07 Å². The van der Waals surface area contributed by atoms with Gasteiger partial charge in [-0.05, 0) is 30.7 Å². The van der Waals surface area contributed by atoms with Gasteiger partial charge in [0.2, 0.25) is 0 Å². The van der Waals surface area contributed by atoms with Crippen molar-refractivity contribution in [1.82, 2.24) is 5.32 Å². The number of rotatable bonds is 4. The van der Waals surface area contributed by atoms with Crippen molar-refractivity contribution in [2.75, 3.05) is 0 Å². The standard InChI is InChI=1S/C16H24FN/c1-12(2)13-7-5-8-15(10-13)18-11-14-6-3-4-9-16(14)17/h3-4,6,9,12-13,15,18H,5,7-8,10-11H2,1-2H3. The number of hydrogen-bond donors (Lipinski definition) is 1. The van der Waals surface area contributed by atoms with Crippen LogP contribution in [0.15, 0.2) is 24.3 Å². The zero-order valence-electron chi connectivity index (χ0n) is 11.5. The highest BCUT2D eigenvalue weighted by atomic mass is 19.1. The second-order valence-electron chi connectivity index (χ2n) is 5.84. The highest BCUT2D eigenvalue weighted by Gasteiger charge is 2.23. The smallest absolute Gasteiger partial charge is 0.127 e. The minimum absolute atomic E-state index is 0.0961. The van der Waals surface area contributed by atoms with Gasteiger partial charge in [-0.15, -0.1) is 0 Å². The lowest BCUT2D eigenvalue weighted by atomic mass is 9.79. The van der Waals surface area contributed by atoms with Crippen molar-refractivity contribution in [3.63, 3.8) is 0 Å². The summed E-state index contributed by atoms with van der Waals surface area (Å²) in [6, 6.07) is 7.61. The maximum atomic E-state index is 13.5. The van der Waals surface area contributed by atoms with Gasteiger partial charge in [-0.25, -0.2) is 4.39 Å². The van der Waals surface area contributed by atoms with Crippen molar-refractivity contribution < 1.29 is 4.39 Å². The van der Waals surface area contributed by atoms with Crippen molar-refractivity contribution in [2.45, 2.75) is 52.1 Å². The summed E-state index contributed by atoms with van der Waals surface area (Å²) in [5.74, 6) is 1.50. The van der Waals surface area contributed by atoms with Crippen LogP contribution in [0, 0.1) is 17.7 Å². The molecule has 1 aliphatic carbocycles. The van der Waals surface area contributed by atoms with Crippen LogP contribution in [0.3, 0.4) is 0 Å². The van der Waals surface area contributed by atoms with Gasteiger partial charge in [-0.2, -0.15) is 0 Å². The van der Waals surface area contributed by atoms with E-state index in [4.69, 9.17) is 0 Å². The van der Waals surface area contributed by atoms with Crippen molar-refractivity contribution >= 4 is 0 Å². The van der Waals surface area contributed by atoms with Crippen molar-refractivity contribution in [1.29, 1.82) is 0 Å². The number of hydrogen-bond acceptors (Lipinski definition) is 1. The van der Waals surface area contributed by atoms with Crippen LogP contribution < -0.4 is 5.32 Å². The fourth-order valence-corrected chi connectivity index (χ4v) is 2.91. The van der Waals surface area contributed by atoms with E-state index < -0.39 is 0 Å². The lowest BCUT2D eigenvalue weighted by Crippen LogP contribution is -2.35. The molecule has 0 aromatic heterocycles. The number of halogens is 1. The maximum absolute atomic E-state index is 13.5. The molecule has 2 atom stereocenters. The van der Waals surface area contributed by atoms with Crippen molar-refractivity contribution in [2.24, 2.45) is 11.8 Å². The highest BCUT2D eigenvalue weighted by Crippen LogP contribution is 2.30. The molecular formula is C16H24FN. The summed E-state index contributed by atoms with van der Waals surface area (Å²) in [6.07, 6.45) is 5.14. The molecule has 2 heteroatoms. The van der Waals surface area contributed by atoms with E-state index in [0.717, 1.165) is 17.4 Å². The second-order valence-corrected chi connectivity index (χ2v) is 5.84. The van der Waals surface area contributed by atoms with Crippen molar-refractivity contribution in [3.05, 3.63) is 35.6 Å². The van der Waals surface area contributed by atoms with Gasteiger partial charge in [0.05, 0.1) is 0 Å². The third-order valence-electron chi connectivity index (χ3n) is 4.20. The monoisotopic (exact) mass is 249 g/mol. The molecule has 1 N–H and O–H groups in total. The molecule has 0 radical (unpaired) electrons. The summed E-state index contributed by atoms with van der Waals surface area (Å²) in [5.41, 5.74) is 0.782. The van der Waals surface area contributed by atoms with Crippen LogP contribution >= 0.6 is 0 Å². The Morgan fingerprint density at radius 3 is 2.78 bits per heavy atom. The minimum atomic E-state index is -0.0961. The molecule has 1 aliphatic rings. The van der Waals surface area contributed by atoms with E-state index in [1.807, 2.05) is 12.1 Å². The lowest BCUT2D eigenvalue weighted by Gasteiger charge is -2.32. The van der Waals surface area contributed by atoms with Crippen LogP contribution in [0.1, 0.15) is 45.1 Å². The van der Waals surface area contributed by atoms with Crippen LogP contribution in [-0.2, 0) is 6.54 Å². The van der Waals surface area contributed by atoms with Gasteiger partial charge in [-0.1, -0.05) is 44.9 Å². The van der Waals surface area contributed by atoms with Crippen LogP contribution in [0.5, 0.6) is 0 Å². The summed E-state index contributed by atoms with van der Waals surface area (Å²) in [5, 5.41) is 3.52. The molecule has 18 heavy (non-hydrogen) atoms. The van der Waals surface area contributed by atoms with Gasteiger partial charge in [0.25, 0.3) is 0 Å². The predicted octanol–water partition coefficient (Wildman–Crippen LogP) is 4.13. The average molecular weight is 249 g/mol. The molecule has 2 unspecified atom stereocenters. The Hall–Kier alpha value is -0.890. The zero-order valence-corrected chi connectivity index (χ0v) is 11.5. The lowest BCUT2D eigenvalue weighted by molar-refractivity contribution is 0.230. The second kappa shape index (κ2) is 6.33. The Labute approximate surface area is 110 Å². The highest BCUT2D eigenvalue weighted by molar-refractivity contribution is 5.17. The van der Waals surface area contributed by atoms with Gasteiger partial charge < -0.3 is 5.32 Å². The molecule has 1 aromatic rings. The van der Waals surface area contributed by atoms with E-state index in [2.05, 4.69) is 19.2 Å². The Kier molecular flexibility index (Phi) is 4.76. The first kappa shape index (κ1) is 13.5. The van der Waals surface area contributed by atoms with Crippen LogP contribution in [0.2, 0.25) is 0 Å². The van der Waals surface area contributed by atoms with Crippen LogP contribution in [-0.4, -0.2) is 6.04 Å². The fraction of sp³-hybridized carbons (Fsp3) is 0.625. The molecule has 0 bridgehead atoms. The molecule has 0 aliphatic heterocycles. The van der Waals surface area contributed by atoms with Gasteiger partial charge >= 0.3 is 0 Å². The van der Waals surface area contributed by atoms with Gasteiger partial charge in [-0.3, -0.25) is 0 Å². The molecule has 0 saturated heterocycles. The Balaban J connectivity index is 1.85. The molecule has 1 fully saturated rings.